The fourth-order valence-electron chi connectivity index (χ4n) is 2.65. The van der Waals surface area contributed by atoms with E-state index in [0.717, 1.165) is 12.8 Å². The molecule has 1 aromatic carbocycles. The minimum atomic E-state index is 0.226. The van der Waals surface area contributed by atoms with Crippen LogP contribution in [-0.4, -0.2) is 7.05 Å². The second-order valence-electron chi connectivity index (χ2n) is 6.66. The molecule has 0 aliphatic carbocycles. The third kappa shape index (κ3) is 3.96. The topological polar surface area (TPSA) is 12.0 Å². The molecule has 1 nitrogen and oxygen atoms in total. The van der Waals surface area contributed by atoms with Gasteiger partial charge in [-0.05, 0) is 53.4 Å². The smallest absolute Gasteiger partial charge is 0.0456 e. The summed E-state index contributed by atoms with van der Waals surface area (Å²) in [5, 5.41) is 5.69. The maximum Gasteiger partial charge on any atom is 0.0456 e. The molecule has 0 fully saturated rings. The Labute approximate surface area is 133 Å². The van der Waals surface area contributed by atoms with E-state index in [1.807, 2.05) is 11.3 Å². The van der Waals surface area contributed by atoms with E-state index >= 15 is 0 Å². The van der Waals surface area contributed by atoms with Crippen LogP contribution in [0.1, 0.15) is 55.3 Å². The van der Waals surface area contributed by atoms with Gasteiger partial charge < -0.3 is 5.32 Å². The molecule has 2 aromatic rings. The largest absolute Gasteiger partial charge is 0.312 e. The predicted octanol–water partition coefficient (Wildman–Crippen LogP) is 5.11. The summed E-state index contributed by atoms with van der Waals surface area (Å²) in [6, 6.07) is 11.8. The van der Waals surface area contributed by atoms with Gasteiger partial charge in [-0.2, -0.15) is 0 Å². The van der Waals surface area contributed by atoms with Crippen LogP contribution in [0.5, 0.6) is 0 Å². The van der Waals surface area contributed by atoms with Crippen molar-refractivity contribution >= 4 is 11.3 Å². The first-order valence-electron chi connectivity index (χ1n) is 7.78. The van der Waals surface area contributed by atoms with E-state index in [-0.39, 0.29) is 5.41 Å². The van der Waals surface area contributed by atoms with Gasteiger partial charge in [-0.15, -0.1) is 11.3 Å². The van der Waals surface area contributed by atoms with Gasteiger partial charge in [0, 0.05) is 10.9 Å². The van der Waals surface area contributed by atoms with E-state index in [0.29, 0.717) is 6.04 Å². The van der Waals surface area contributed by atoms with Crippen LogP contribution in [0.15, 0.2) is 35.7 Å². The third-order valence-corrected chi connectivity index (χ3v) is 5.16. The molecule has 0 spiro atoms. The van der Waals surface area contributed by atoms with Crippen molar-refractivity contribution in [2.75, 3.05) is 7.05 Å². The molecule has 2 rings (SSSR count). The molecular weight excluding hydrogens is 274 g/mol. The van der Waals surface area contributed by atoms with Crippen molar-refractivity contribution in [3.63, 3.8) is 0 Å². The second kappa shape index (κ2) is 6.76. The van der Waals surface area contributed by atoms with Crippen molar-refractivity contribution in [3.05, 3.63) is 57.3 Å². The lowest BCUT2D eigenvalue weighted by Gasteiger charge is -2.20. The highest BCUT2D eigenvalue weighted by Crippen LogP contribution is 2.28. The zero-order chi connectivity index (χ0) is 15.5. The quantitative estimate of drug-likeness (QED) is 0.809. The molecule has 1 atom stereocenters. The minimum absolute atomic E-state index is 0.226. The lowest BCUT2D eigenvalue weighted by atomic mass is 9.86. The number of likely N-dealkylation sites (N-methyl/N-ethyl adjacent to an activating group) is 1. The van der Waals surface area contributed by atoms with Crippen LogP contribution < -0.4 is 5.32 Å². The summed E-state index contributed by atoms with van der Waals surface area (Å²) in [4.78, 5) is 1.49. The molecule has 0 saturated carbocycles. The van der Waals surface area contributed by atoms with Crippen LogP contribution in [-0.2, 0) is 18.3 Å². The summed E-state index contributed by atoms with van der Waals surface area (Å²) in [7, 11) is 2.06. The van der Waals surface area contributed by atoms with Crippen LogP contribution in [0.25, 0.3) is 0 Å². The van der Waals surface area contributed by atoms with Gasteiger partial charge in [-0.3, -0.25) is 0 Å². The van der Waals surface area contributed by atoms with Crippen LogP contribution >= 0.6 is 11.3 Å². The Morgan fingerprint density at radius 3 is 2.29 bits per heavy atom. The molecule has 0 aliphatic heterocycles. The summed E-state index contributed by atoms with van der Waals surface area (Å²) in [6.45, 7) is 9.02. The number of aryl methyl sites for hydroxylation is 1. The maximum atomic E-state index is 3.48. The molecule has 0 amide bonds. The van der Waals surface area contributed by atoms with Gasteiger partial charge in [0.1, 0.15) is 0 Å². The fraction of sp³-hybridized carbons (Fsp3) is 0.474. The van der Waals surface area contributed by atoms with Gasteiger partial charge in [0.05, 0.1) is 0 Å². The van der Waals surface area contributed by atoms with Gasteiger partial charge in [0.25, 0.3) is 0 Å². The summed E-state index contributed by atoms with van der Waals surface area (Å²) >= 11 is 1.87. The molecule has 0 aliphatic rings. The average Bonchev–Trinajstić information content (AvgIpc) is 2.92. The Morgan fingerprint density at radius 1 is 1.10 bits per heavy atom. The first-order valence-corrected chi connectivity index (χ1v) is 8.66. The van der Waals surface area contributed by atoms with Crippen LogP contribution in [0.4, 0.5) is 0 Å². The van der Waals surface area contributed by atoms with Crippen molar-refractivity contribution in [2.45, 2.75) is 52.0 Å². The van der Waals surface area contributed by atoms with Crippen LogP contribution in [0.3, 0.4) is 0 Å². The molecule has 114 valence electrons. The van der Waals surface area contributed by atoms with Crippen molar-refractivity contribution in [3.8, 4) is 0 Å². The zero-order valence-corrected chi connectivity index (χ0v) is 14.7. The molecule has 1 N–H and O–H groups in total. The molecule has 0 bridgehead atoms. The zero-order valence-electron chi connectivity index (χ0n) is 13.9. The van der Waals surface area contributed by atoms with E-state index in [4.69, 9.17) is 0 Å². The maximum absolute atomic E-state index is 3.48. The molecule has 1 heterocycles. The monoisotopic (exact) mass is 301 g/mol. The van der Waals surface area contributed by atoms with E-state index in [9.17, 15) is 0 Å². The molecule has 1 aromatic heterocycles. The summed E-state index contributed by atoms with van der Waals surface area (Å²) < 4.78 is 0. The summed E-state index contributed by atoms with van der Waals surface area (Å²) in [6.07, 6.45) is 2.16. The van der Waals surface area contributed by atoms with Gasteiger partial charge in [-0.1, -0.05) is 52.0 Å². The van der Waals surface area contributed by atoms with Crippen molar-refractivity contribution in [1.82, 2.24) is 5.32 Å². The number of nitrogens with one attached hydrogen (secondary N) is 1. The van der Waals surface area contributed by atoms with E-state index < -0.39 is 0 Å². The highest BCUT2D eigenvalue weighted by atomic mass is 32.1. The van der Waals surface area contributed by atoms with Gasteiger partial charge >= 0.3 is 0 Å². The molecule has 0 saturated heterocycles. The highest BCUT2D eigenvalue weighted by Gasteiger charge is 2.16. The van der Waals surface area contributed by atoms with Crippen molar-refractivity contribution in [2.24, 2.45) is 0 Å². The summed E-state index contributed by atoms with van der Waals surface area (Å²) in [5.41, 5.74) is 4.51. The number of hydrogen-bond donors (Lipinski definition) is 1. The van der Waals surface area contributed by atoms with Crippen LogP contribution in [0, 0.1) is 0 Å². The first-order chi connectivity index (χ1) is 9.95. The Bertz CT molecular complexity index is 560. The number of hydrogen-bond acceptors (Lipinski definition) is 2. The van der Waals surface area contributed by atoms with Gasteiger partial charge in [0.2, 0.25) is 0 Å². The summed E-state index contributed by atoms with van der Waals surface area (Å²) in [5.74, 6) is 0. The molecule has 0 radical (unpaired) electrons. The van der Waals surface area contributed by atoms with Crippen molar-refractivity contribution in [1.29, 1.82) is 0 Å². The molecule has 21 heavy (non-hydrogen) atoms. The molecular formula is C19H27NS. The lowest BCUT2D eigenvalue weighted by Crippen LogP contribution is -2.19. The van der Waals surface area contributed by atoms with E-state index in [1.165, 1.54) is 21.6 Å². The van der Waals surface area contributed by atoms with E-state index in [1.54, 1.807) is 0 Å². The Balaban J connectivity index is 2.16. The van der Waals surface area contributed by atoms with Crippen LogP contribution in [0.2, 0.25) is 0 Å². The molecule has 1 unspecified atom stereocenters. The average molecular weight is 301 g/mol. The highest BCUT2D eigenvalue weighted by molar-refractivity contribution is 7.10. The van der Waals surface area contributed by atoms with Gasteiger partial charge in [0.15, 0.2) is 0 Å². The first kappa shape index (κ1) is 16.3. The Morgan fingerprint density at radius 2 is 1.76 bits per heavy atom. The SMILES string of the molecule is CCc1ccsc1C(Cc1ccc(C(C)(C)C)cc1)NC. The van der Waals surface area contributed by atoms with Gasteiger partial charge in [-0.25, -0.2) is 0 Å². The fourth-order valence-corrected chi connectivity index (χ4v) is 3.76. The normalized spacial score (nSPS) is 13.4. The number of benzene rings is 1. The Hall–Kier alpha value is -1.12. The van der Waals surface area contributed by atoms with Crippen molar-refractivity contribution < 1.29 is 0 Å². The minimum Gasteiger partial charge on any atom is -0.312 e. The molecule has 2 heteroatoms. The second-order valence-corrected chi connectivity index (χ2v) is 7.60. The van der Waals surface area contributed by atoms with E-state index in [2.05, 4.69) is 75.8 Å². The standard InChI is InChI=1S/C19H27NS/c1-6-15-11-12-21-18(15)17(20-5)13-14-7-9-16(10-8-14)19(2,3)4/h7-12,17,20H,6,13H2,1-5H3. The third-order valence-electron chi connectivity index (χ3n) is 4.09. The Kier molecular flexibility index (Phi) is 5.23. The number of rotatable bonds is 5. The lowest BCUT2D eigenvalue weighted by molar-refractivity contribution is 0.585. The predicted molar refractivity (Wildman–Crippen MR) is 94.3 cm³/mol. The number of thiophene rings is 1.